The molecular weight excluding hydrogens is 388 g/mol. The molecule has 3 aromatic rings. The van der Waals surface area contributed by atoms with E-state index in [1.165, 1.54) is 11.6 Å². The average molecular weight is 417 g/mol. The van der Waals surface area contributed by atoms with Crippen LogP contribution in [0.5, 0.6) is 0 Å². The molecule has 0 aliphatic rings. The molecule has 6 heteroatoms. The monoisotopic (exact) mass is 416 g/mol. The summed E-state index contributed by atoms with van der Waals surface area (Å²) in [4.78, 5) is 10.6. The molecule has 0 unspecified atom stereocenters. The summed E-state index contributed by atoms with van der Waals surface area (Å²) in [5.74, 6) is 0.161. The molecule has 0 spiro atoms. The first kappa shape index (κ1) is 22.0. The number of hydrogen-bond donors (Lipinski definition) is 2. The highest BCUT2D eigenvalue weighted by atomic mass is 16.6. The lowest BCUT2D eigenvalue weighted by Gasteiger charge is -2.25. The molecule has 0 amide bonds. The van der Waals surface area contributed by atoms with E-state index in [9.17, 15) is 10.1 Å². The van der Waals surface area contributed by atoms with Gasteiger partial charge in [0.2, 0.25) is 0 Å². The standard InChI is InChI=1S/C25H28N4O2/c1-17(2)24(28-27-23-15-14-22(29(30)31)16-19(23)4)25(20-8-6-5-7-9-20)26-21-12-10-18(3)11-13-21/h5-17,25-27H,1-4H3/b28-24+/t25-/m0/s1. The number of nitrogens with one attached hydrogen (secondary N) is 2. The summed E-state index contributed by atoms with van der Waals surface area (Å²) < 4.78 is 0. The molecule has 160 valence electrons. The molecule has 0 fully saturated rings. The number of anilines is 2. The lowest BCUT2D eigenvalue weighted by Crippen LogP contribution is -2.26. The SMILES string of the molecule is Cc1ccc(N[C@H](/C(=N/Nc2ccc([N+](=O)[O-])cc2C)C(C)C)c2ccccc2)cc1. The van der Waals surface area contributed by atoms with Gasteiger partial charge in [0.15, 0.2) is 0 Å². The number of benzene rings is 3. The normalized spacial score (nSPS) is 12.5. The van der Waals surface area contributed by atoms with Crippen LogP contribution in [0.2, 0.25) is 0 Å². The van der Waals surface area contributed by atoms with Crippen molar-refractivity contribution in [3.8, 4) is 0 Å². The number of nitro groups is 1. The Bertz CT molecular complexity index is 1060. The topological polar surface area (TPSA) is 79.6 Å². The lowest BCUT2D eigenvalue weighted by molar-refractivity contribution is -0.384. The zero-order chi connectivity index (χ0) is 22.4. The van der Waals surface area contributed by atoms with E-state index in [1.54, 1.807) is 12.1 Å². The van der Waals surface area contributed by atoms with Gasteiger partial charge in [0.05, 0.1) is 22.4 Å². The maximum Gasteiger partial charge on any atom is 0.269 e. The zero-order valence-electron chi connectivity index (χ0n) is 18.3. The van der Waals surface area contributed by atoms with Crippen molar-refractivity contribution in [1.29, 1.82) is 0 Å². The van der Waals surface area contributed by atoms with Gasteiger partial charge in [-0.2, -0.15) is 5.10 Å². The van der Waals surface area contributed by atoms with Gasteiger partial charge >= 0.3 is 0 Å². The minimum atomic E-state index is -0.392. The average Bonchev–Trinajstić information content (AvgIpc) is 2.75. The van der Waals surface area contributed by atoms with Gasteiger partial charge in [-0.1, -0.05) is 61.9 Å². The first-order valence-corrected chi connectivity index (χ1v) is 10.3. The number of aryl methyl sites for hydroxylation is 2. The fourth-order valence-corrected chi connectivity index (χ4v) is 3.33. The van der Waals surface area contributed by atoms with Gasteiger partial charge < -0.3 is 5.32 Å². The van der Waals surface area contributed by atoms with E-state index in [0.717, 1.165) is 28.2 Å². The number of rotatable bonds is 8. The van der Waals surface area contributed by atoms with Crippen LogP contribution >= 0.6 is 0 Å². The second-order valence-corrected chi connectivity index (χ2v) is 7.91. The van der Waals surface area contributed by atoms with Crippen LogP contribution in [0, 0.1) is 29.9 Å². The minimum Gasteiger partial charge on any atom is -0.373 e. The Morgan fingerprint density at radius 2 is 1.65 bits per heavy atom. The van der Waals surface area contributed by atoms with Crippen molar-refractivity contribution in [3.63, 3.8) is 0 Å². The highest BCUT2D eigenvalue weighted by Crippen LogP contribution is 2.26. The second-order valence-electron chi connectivity index (χ2n) is 7.91. The van der Waals surface area contributed by atoms with Crippen LogP contribution < -0.4 is 10.7 Å². The largest absolute Gasteiger partial charge is 0.373 e. The maximum atomic E-state index is 11.0. The summed E-state index contributed by atoms with van der Waals surface area (Å²) in [5.41, 5.74) is 8.97. The van der Waals surface area contributed by atoms with Crippen LogP contribution in [0.15, 0.2) is 77.9 Å². The quantitative estimate of drug-likeness (QED) is 0.250. The van der Waals surface area contributed by atoms with E-state index in [2.05, 4.69) is 67.9 Å². The Morgan fingerprint density at radius 3 is 2.23 bits per heavy atom. The van der Waals surface area contributed by atoms with Crippen LogP contribution in [0.25, 0.3) is 0 Å². The number of non-ortho nitro benzene ring substituents is 1. The Hall–Kier alpha value is -3.67. The van der Waals surface area contributed by atoms with Crippen LogP contribution in [-0.2, 0) is 0 Å². The molecule has 3 rings (SSSR count). The number of hydrazone groups is 1. The smallest absolute Gasteiger partial charge is 0.269 e. The molecule has 3 aromatic carbocycles. The minimum absolute atomic E-state index is 0.0688. The summed E-state index contributed by atoms with van der Waals surface area (Å²) in [6, 6.07) is 23.1. The van der Waals surface area contributed by atoms with Gasteiger partial charge in [-0.3, -0.25) is 15.5 Å². The van der Waals surface area contributed by atoms with Crippen LogP contribution in [0.1, 0.15) is 36.6 Å². The van der Waals surface area contributed by atoms with Gasteiger partial charge in [-0.15, -0.1) is 0 Å². The molecule has 0 heterocycles. The molecule has 0 aliphatic heterocycles. The summed E-state index contributed by atoms with van der Waals surface area (Å²) >= 11 is 0. The van der Waals surface area contributed by atoms with Crippen LogP contribution in [-0.4, -0.2) is 10.6 Å². The maximum absolute atomic E-state index is 11.0. The summed E-state index contributed by atoms with van der Waals surface area (Å²) in [5, 5.41) is 19.4. The van der Waals surface area contributed by atoms with Crippen molar-refractivity contribution in [1.82, 2.24) is 0 Å². The third kappa shape index (κ3) is 5.69. The lowest BCUT2D eigenvalue weighted by atomic mass is 9.94. The molecule has 0 radical (unpaired) electrons. The van der Waals surface area contributed by atoms with E-state index in [4.69, 9.17) is 5.10 Å². The predicted octanol–water partition coefficient (Wildman–Crippen LogP) is 6.49. The Labute approximate surface area is 183 Å². The van der Waals surface area contributed by atoms with E-state index in [0.29, 0.717) is 0 Å². The molecular formula is C25H28N4O2. The first-order valence-electron chi connectivity index (χ1n) is 10.3. The van der Waals surface area contributed by atoms with Gasteiger partial charge in [0.1, 0.15) is 0 Å². The number of nitro benzene ring substituents is 1. The molecule has 1 atom stereocenters. The molecule has 6 nitrogen and oxygen atoms in total. The van der Waals surface area contributed by atoms with Crippen molar-refractivity contribution in [2.45, 2.75) is 33.7 Å². The molecule has 0 bridgehead atoms. The molecule has 0 saturated heterocycles. The van der Waals surface area contributed by atoms with Crippen molar-refractivity contribution in [2.75, 3.05) is 10.7 Å². The number of nitrogens with zero attached hydrogens (tertiary/aromatic N) is 2. The van der Waals surface area contributed by atoms with Crippen molar-refractivity contribution < 1.29 is 4.92 Å². The predicted molar refractivity (Wildman–Crippen MR) is 128 cm³/mol. The summed E-state index contributed by atoms with van der Waals surface area (Å²) in [6.45, 7) is 8.11. The summed E-state index contributed by atoms with van der Waals surface area (Å²) in [6.07, 6.45) is 0. The van der Waals surface area contributed by atoms with Crippen molar-refractivity contribution >= 4 is 22.8 Å². The first-order chi connectivity index (χ1) is 14.8. The van der Waals surface area contributed by atoms with E-state index >= 15 is 0 Å². The molecule has 2 N–H and O–H groups in total. The molecule has 0 aliphatic carbocycles. The Kier molecular flexibility index (Phi) is 7.03. The Balaban J connectivity index is 1.95. The number of hydrogen-bond acceptors (Lipinski definition) is 5. The third-order valence-corrected chi connectivity index (χ3v) is 5.11. The fourth-order valence-electron chi connectivity index (χ4n) is 3.33. The highest BCUT2D eigenvalue weighted by molar-refractivity contribution is 5.94. The fraction of sp³-hybridized carbons (Fsp3) is 0.240. The van der Waals surface area contributed by atoms with Crippen LogP contribution in [0.4, 0.5) is 17.1 Å². The van der Waals surface area contributed by atoms with Gasteiger partial charge in [0.25, 0.3) is 5.69 Å². The summed E-state index contributed by atoms with van der Waals surface area (Å²) in [7, 11) is 0. The van der Waals surface area contributed by atoms with E-state index in [-0.39, 0.29) is 17.6 Å². The van der Waals surface area contributed by atoms with E-state index in [1.807, 2.05) is 25.1 Å². The highest BCUT2D eigenvalue weighted by Gasteiger charge is 2.22. The molecule has 31 heavy (non-hydrogen) atoms. The van der Waals surface area contributed by atoms with Crippen molar-refractivity contribution in [3.05, 3.63) is 99.6 Å². The Morgan fingerprint density at radius 1 is 0.968 bits per heavy atom. The van der Waals surface area contributed by atoms with E-state index < -0.39 is 4.92 Å². The zero-order valence-corrected chi connectivity index (χ0v) is 18.3. The van der Waals surface area contributed by atoms with Crippen LogP contribution in [0.3, 0.4) is 0 Å². The molecule has 0 aromatic heterocycles. The van der Waals surface area contributed by atoms with Gasteiger partial charge in [0, 0.05) is 17.8 Å². The van der Waals surface area contributed by atoms with Gasteiger partial charge in [-0.05, 0) is 49.1 Å². The molecule has 0 saturated carbocycles. The van der Waals surface area contributed by atoms with Gasteiger partial charge in [-0.25, -0.2) is 0 Å². The second kappa shape index (κ2) is 9.89. The third-order valence-electron chi connectivity index (χ3n) is 5.11. The van der Waals surface area contributed by atoms with Crippen molar-refractivity contribution in [2.24, 2.45) is 11.0 Å².